The average molecular weight is 625 g/mol. The Morgan fingerprint density at radius 1 is 1.11 bits per heavy atom. The number of imidazole rings is 1. The third-order valence-corrected chi connectivity index (χ3v) is 8.19. The molecule has 1 fully saturated rings. The Morgan fingerprint density at radius 2 is 1.69 bits per heavy atom. The van der Waals surface area contributed by atoms with Crippen molar-refractivity contribution in [3.8, 4) is 0 Å². The van der Waals surface area contributed by atoms with Gasteiger partial charge in [0.25, 0.3) is 15.6 Å². The maximum absolute atomic E-state index is 11.7. The molecule has 0 radical (unpaired) electrons. The Labute approximate surface area is 298 Å². The molecule has 25 heteroatoms. The molecule has 1 saturated heterocycles. The molecule has 3 N–H and O–H groups in total. The predicted molar refractivity (Wildman–Crippen MR) is 98.1 cm³/mol. The number of anilines is 1. The van der Waals surface area contributed by atoms with Gasteiger partial charge in [-0.05, 0) is 6.92 Å². The number of rotatable bonds is 8. The summed E-state index contributed by atoms with van der Waals surface area (Å²) in [5.41, 5.74) is 6.28. The molecule has 0 aromatic carbocycles. The van der Waals surface area contributed by atoms with Crippen molar-refractivity contribution in [2.75, 3.05) is 12.3 Å². The number of phosphoric acid groups is 3. The van der Waals surface area contributed by atoms with Crippen LogP contribution in [0.1, 0.15) is 12.1 Å². The number of ether oxygens (including phenoxy) is 1. The number of aromatic nitrogens is 4. The predicted octanol–water partition coefficient (Wildman–Crippen LogP) is -14.9. The first kappa shape index (κ1) is 41.2. The zero-order valence-corrected chi connectivity index (χ0v) is 31.3. The summed E-state index contributed by atoms with van der Waals surface area (Å²) in [5, 5.41) is 9.37. The van der Waals surface area contributed by atoms with Crippen molar-refractivity contribution in [2.24, 2.45) is 0 Å². The third-order valence-electron chi connectivity index (χ3n) is 3.97. The number of hydrogen-bond acceptors (Lipinski definition) is 17. The minimum atomic E-state index is -6.11. The standard InChI is InChI=1S/C11H18N5O12P3S.4Na/c1-4-14-9(12)6-10(15-4)16(3-13-6)11-8(32)7(17)5(26-11)2-25-30(21,22)28-31(23,24)27-29(18,19)20;;;;/h3,5,7-8,11,17,32H,2H2,1H3,(H,21,22)(H,23,24)(H2,12,14,15)(H2,18,19,20);;;;/q;4*+1/p-4. The van der Waals surface area contributed by atoms with Gasteiger partial charge < -0.3 is 44.2 Å². The number of thiol groups is 1. The molecule has 0 bridgehead atoms. The number of aryl methyl sites for hydroxylation is 1. The van der Waals surface area contributed by atoms with Crippen LogP contribution in [0.3, 0.4) is 0 Å². The summed E-state index contributed by atoms with van der Waals surface area (Å²) in [6.45, 7) is 0.611. The van der Waals surface area contributed by atoms with Gasteiger partial charge in [0.15, 0.2) is 17.7 Å². The molecule has 1 aliphatic rings. The molecule has 1 aliphatic heterocycles. The maximum atomic E-state index is 11.7. The largest absolute Gasteiger partial charge is 1.00 e. The van der Waals surface area contributed by atoms with E-state index in [1.54, 1.807) is 6.92 Å². The summed E-state index contributed by atoms with van der Waals surface area (Å²) in [5.74, 6) is 0.412. The van der Waals surface area contributed by atoms with E-state index in [1.807, 2.05) is 0 Å². The molecule has 6 unspecified atom stereocenters. The minimum Gasteiger partial charge on any atom is -0.790 e. The van der Waals surface area contributed by atoms with E-state index < -0.39 is 53.8 Å². The van der Waals surface area contributed by atoms with Gasteiger partial charge in [-0.25, -0.2) is 19.3 Å². The van der Waals surface area contributed by atoms with E-state index >= 15 is 0 Å². The third kappa shape index (κ3) is 11.0. The summed E-state index contributed by atoms with van der Waals surface area (Å²) >= 11 is 4.24. The summed E-state index contributed by atoms with van der Waals surface area (Å²) in [6.07, 6.45) is -2.55. The summed E-state index contributed by atoms with van der Waals surface area (Å²) in [4.78, 5) is 55.8. The van der Waals surface area contributed by atoms with Crippen molar-refractivity contribution in [2.45, 2.75) is 30.6 Å². The minimum absolute atomic E-state index is 0. The van der Waals surface area contributed by atoms with Gasteiger partial charge in [0.2, 0.25) is 0 Å². The van der Waals surface area contributed by atoms with Crippen LogP contribution in [0, 0.1) is 6.92 Å². The molecular weight excluding hydrogens is 611 g/mol. The molecule has 17 nitrogen and oxygen atoms in total. The summed E-state index contributed by atoms with van der Waals surface area (Å²) < 4.78 is 51.0. The number of hydrogen-bond donors (Lipinski definition) is 3. The average Bonchev–Trinajstić information content (AvgIpc) is 3.12. The Hall–Kier alpha value is 3.03. The molecule has 0 aliphatic carbocycles. The SMILES string of the molecule is Cc1nc(N)c2ncn(C3OC(COP(=O)([O-])OP(=O)([O-])OP(=O)([O-])[O-])C(O)C3S)c2n1.[Na+].[Na+].[Na+].[Na+]. The van der Waals surface area contributed by atoms with Crippen molar-refractivity contribution in [1.82, 2.24) is 19.5 Å². The van der Waals surface area contributed by atoms with E-state index in [1.165, 1.54) is 10.9 Å². The Bertz CT molecular complexity index is 1180. The van der Waals surface area contributed by atoms with Gasteiger partial charge in [-0.1, -0.05) is 0 Å². The number of nitrogens with two attached hydrogens (primary N) is 1. The zero-order valence-electron chi connectivity index (χ0n) is 19.7. The summed E-state index contributed by atoms with van der Waals surface area (Å²) in [6, 6.07) is 0. The van der Waals surface area contributed by atoms with Gasteiger partial charge in [0, 0.05) is 0 Å². The van der Waals surface area contributed by atoms with Crippen molar-refractivity contribution < 1.29 is 174 Å². The Kier molecular flexibility index (Phi) is 18.3. The molecule has 2 aromatic heterocycles. The topological polar surface area (TPSA) is 270 Å². The monoisotopic (exact) mass is 625 g/mol. The molecule has 0 saturated carbocycles. The number of fused-ring (bicyclic) bond motifs is 1. The second-order valence-corrected chi connectivity index (χ2v) is 11.2. The van der Waals surface area contributed by atoms with Gasteiger partial charge in [0.1, 0.15) is 17.4 Å². The van der Waals surface area contributed by atoms with Crippen molar-refractivity contribution >= 4 is 53.1 Å². The van der Waals surface area contributed by atoms with Gasteiger partial charge in [-0.2, -0.15) is 12.6 Å². The molecular formula is C11H14N5Na4O12P3S. The summed E-state index contributed by atoms with van der Waals surface area (Å²) in [7, 11) is -18.0. The molecule has 0 spiro atoms. The smallest absolute Gasteiger partial charge is 0.790 e. The maximum Gasteiger partial charge on any atom is 1.00 e. The van der Waals surface area contributed by atoms with E-state index in [4.69, 9.17) is 10.5 Å². The van der Waals surface area contributed by atoms with Gasteiger partial charge >= 0.3 is 118 Å². The quantitative estimate of drug-likeness (QED) is 0.140. The van der Waals surface area contributed by atoms with Crippen LogP contribution in [0.4, 0.5) is 5.82 Å². The van der Waals surface area contributed by atoms with Crippen molar-refractivity contribution in [1.29, 1.82) is 0 Å². The number of aliphatic hydroxyl groups excluding tert-OH is 1. The number of phosphoric ester groups is 1. The molecule has 180 valence electrons. The van der Waals surface area contributed by atoms with E-state index in [9.17, 15) is 38.4 Å². The number of aliphatic hydroxyl groups is 1. The fourth-order valence-corrected chi connectivity index (χ4v) is 6.05. The van der Waals surface area contributed by atoms with Crippen LogP contribution in [0.15, 0.2) is 6.33 Å². The fraction of sp³-hybridized carbons (Fsp3) is 0.545. The number of nitrogens with zero attached hydrogens (tertiary/aromatic N) is 4. The molecule has 6 atom stereocenters. The zero-order chi connectivity index (χ0) is 24.1. The molecule has 2 aromatic rings. The second-order valence-electron chi connectivity index (χ2n) is 6.33. The van der Waals surface area contributed by atoms with Crippen molar-refractivity contribution in [3.05, 3.63) is 12.2 Å². The van der Waals surface area contributed by atoms with E-state index in [-0.39, 0.29) is 135 Å². The van der Waals surface area contributed by atoms with Crippen LogP contribution in [0.5, 0.6) is 0 Å². The molecule has 36 heavy (non-hydrogen) atoms. The number of nitrogen functional groups attached to an aromatic ring is 1. The first-order valence-electron chi connectivity index (χ1n) is 8.28. The second kappa shape index (κ2) is 16.0. The van der Waals surface area contributed by atoms with Crippen LogP contribution in [0.2, 0.25) is 0 Å². The van der Waals surface area contributed by atoms with E-state index in [0.717, 1.165) is 0 Å². The van der Waals surface area contributed by atoms with Gasteiger partial charge in [-0.3, -0.25) is 18.0 Å². The first-order valence-corrected chi connectivity index (χ1v) is 13.2. The normalized spacial score (nSPS) is 24.9. The van der Waals surface area contributed by atoms with Crippen molar-refractivity contribution in [3.63, 3.8) is 0 Å². The Morgan fingerprint density at radius 3 is 2.25 bits per heavy atom. The van der Waals surface area contributed by atoms with Gasteiger partial charge in [-0.15, -0.1) is 0 Å². The van der Waals surface area contributed by atoms with Crippen LogP contribution in [-0.2, 0) is 31.6 Å². The van der Waals surface area contributed by atoms with Gasteiger partial charge in [0.05, 0.1) is 32.1 Å². The first-order chi connectivity index (χ1) is 14.6. The van der Waals surface area contributed by atoms with E-state index in [2.05, 4.69) is 40.7 Å². The molecule has 0 amide bonds. The van der Waals surface area contributed by atoms with Crippen LogP contribution in [0.25, 0.3) is 11.2 Å². The van der Waals surface area contributed by atoms with E-state index in [0.29, 0.717) is 5.82 Å². The molecule has 3 rings (SSSR count). The molecule has 3 heterocycles. The van der Waals surface area contributed by atoms with Crippen LogP contribution < -0.4 is 144 Å². The van der Waals surface area contributed by atoms with Crippen LogP contribution >= 0.6 is 36.1 Å². The Balaban J connectivity index is 0. The van der Waals surface area contributed by atoms with Crippen LogP contribution in [-0.4, -0.2) is 48.7 Å². The fourth-order valence-electron chi connectivity index (χ4n) is 2.78.